The predicted octanol–water partition coefficient (Wildman–Crippen LogP) is 3.04. The van der Waals surface area contributed by atoms with Crippen LogP contribution in [0.4, 0.5) is 0 Å². The Balaban J connectivity index is 1.16. The second-order valence-corrected chi connectivity index (χ2v) is 7.10. The Morgan fingerprint density at radius 3 is 2.34 bits per heavy atom. The number of aromatic nitrogens is 2. The first-order chi connectivity index (χ1) is 14.1. The molecule has 1 aliphatic rings. The van der Waals surface area contributed by atoms with Crippen LogP contribution < -0.4 is 5.32 Å². The van der Waals surface area contributed by atoms with Crippen molar-refractivity contribution >= 4 is 28.8 Å². The molecule has 0 saturated heterocycles. The molecule has 0 unspecified atom stereocenters. The van der Waals surface area contributed by atoms with E-state index in [1.807, 2.05) is 24.3 Å². The lowest BCUT2D eigenvalue weighted by atomic mass is 10.1. The van der Waals surface area contributed by atoms with Crippen molar-refractivity contribution < 1.29 is 14.4 Å². The SMILES string of the molecule is O=C(CCCCCN1C(=O)c2ccccc2C1=O)NCc1nc2ccccc2[nH]1. The van der Waals surface area contributed by atoms with Gasteiger partial charge in [0.2, 0.25) is 5.91 Å². The summed E-state index contributed by atoms with van der Waals surface area (Å²) in [6.07, 6.45) is 2.56. The quantitative estimate of drug-likeness (QED) is 0.456. The van der Waals surface area contributed by atoms with E-state index in [-0.39, 0.29) is 17.7 Å². The zero-order valence-electron chi connectivity index (χ0n) is 16.0. The summed E-state index contributed by atoms with van der Waals surface area (Å²) in [5, 5.41) is 2.87. The lowest BCUT2D eigenvalue weighted by molar-refractivity contribution is -0.121. The average molecular weight is 390 g/mol. The number of para-hydroxylation sites is 2. The van der Waals surface area contributed by atoms with Crippen molar-refractivity contribution in [1.29, 1.82) is 0 Å². The van der Waals surface area contributed by atoms with Crippen LogP contribution in [0.3, 0.4) is 0 Å². The first-order valence-electron chi connectivity index (χ1n) is 9.79. The molecular formula is C22H22N4O3. The summed E-state index contributed by atoms with van der Waals surface area (Å²) in [7, 11) is 0. The van der Waals surface area contributed by atoms with Gasteiger partial charge in [-0.05, 0) is 37.1 Å². The molecule has 2 N–H and O–H groups in total. The molecule has 0 atom stereocenters. The maximum absolute atomic E-state index is 12.3. The third-order valence-corrected chi connectivity index (χ3v) is 5.06. The fraction of sp³-hybridized carbons (Fsp3) is 0.273. The number of fused-ring (bicyclic) bond motifs is 2. The monoisotopic (exact) mass is 390 g/mol. The molecule has 7 heteroatoms. The van der Waals surface area contributed by atoms with Crippen LogP contribution in [0.1, 0.15) is 52.2 Å². The Bertz CT molecular complexity index is 1000. The first-order valence-corrected chi connectivity index (χ1v) is 9.79. The summed E-state index contributed by atoms with van der Waals surface area (Å²) in [4.78, 5) is 45.5. The number of hydrogen-bond donors (Lipinski definition) is 2. The number of rotatable bonds is 8. The van der Waals surface area contributed by atoms with Gasteiger partial charge in [-0.25, -0.2) is 4.98 Å². The largest absolute Gasteiger partial charge is 0.349 e. The highest BCUT2D eigenvalue weighted by molar-refractivity contribution is 6.21. The van der Waals surface area contributed by atoms with E-state index >= 15 is 0 Å². The molecule has 0 radical (unpaired) electrons. The third kappa shape index (κ3) is 4.03. The molecule has 2 heterocycles. The number of hydrogen-bond acceptors (Lipinski definition) is 4. The molecule has 7 nitrogen and oxygen atoms in total. The topological polar surface area (TPSA) is 95.2 Å². The van der Waals surface area contributed by atoms with Crippen LogP contribution in [0.5, 0.6) is 0 Å². The van der Waals surface area contributed by atoms with Gasteiger partial charge < -0.3 is 10.3 Å². The van der Waals surface area contributed by atoms with E-state index in [1.54, 1.807) is 24.3 Å². The molecule has 2 aromatic carbocycles. The predicted molar refractivity (Wildman–Crippen MR) is 108 cm³/mol. The van der Waals surface area contributed by atoms with Crippen molar-refractivity contribution in [2.75, 3.05) is 6.54 Å². The number of nitrogens with zero attached hydrogens (tertiary/aromatic N) is 2. The van der Waals surface area contributed by atoms with Crippen molar-refractivity contribution in [2.24, 2.45) is 0 Å². The first kappa shape index (κ1) is 18.9. The van der Waals surface area contributed by atoms with E-state index in [0.29, 0.717) is 43.5 Å². The number of nitrogens with one attached hydrogen (secondary N) is 2. The maximum Gasteiger partial charge on any atom is 0.261 e. The molecular weight excluding hydrogens is 368 g/mol. The van der Waals surface area contributed by atoms with Gasteiger partial charge in [0, 0.05) is 13.0 Å². The van der Waals surface area contributed by atoms with Gasteiger partial charge in [-0.2, -0.15) is 0 Å². The molecule has 3 amide bonds. The fourth-order valence-electron chi connectivity index (χ4n) is 3.53. The summed E-state index contributed by atoms with van der Waals surface area (Å²) < 4.78 is 0. The van der Waals surface area contributed by atoms with E-state index in [0.717, 1.165) is 23.3 Å². The second-order valence-electron chi connectivity index (χ2n) is 7.10. The highest BCUT2D eigenvalue weighted by Crippen LogP contribution is 2.22. The van der Waals surface area contributed by atoms with E-state index in [1.165, 1.54) is 4.90 Å². The van der Waals surface area contributed by atoms with Crippen LogP contribution in [0, 0.1) is 0 Å². The molecule has 0 saturated carbocycles. The summed E-state index contributed by atoms with van der Waals surface area (Å²) in [6, 6.07) is 14.6. The van der Waals surface area contributed by atoms with Gasteiger partial charge in [-0.15, -0.1) is 0 Å². The number of aromatic amines is 1. The molecule has 0 fully saturated rings. The molecule has 0 bridgehead atoms. The smallest absolute Gasteiger partial charge is 0.261 e. The van der Waals surface area contributed by atoms with E-state index in [4.69, 9.17) is 0 Å². The van der Waals surface area contributed by atoms with Crippen molar-refractivity contribution in [1.82, 2.24) is 20.2 Å². The normalized spacial score (nSPS) is 13.2. The number of carbonyl (C=O) groups is 3. The van der Waals surface area contributed by atoms with Crippen LogP contribution in [0.2, 0.25) is 0 Å². The van der Waals surface area contributed by atoms with Crippen molar-refractivity contribution in [3.63, 3.8) is 0 Å². The second kappa shape index (κ2) is 8.26. The van der Waals surface area contributed by atoms with Gasteiger partial charge in [0.1, 0.15) is 5.82 Å². The van der Waals surface area contributed by atoms with Gasteiger partial charge in [0.05, 0.1) is 28.7 Å². The minimum Gasteiger partial charge on any atom is -0.349 e. The van der Waals surface area contributed by atoms with Crippen molar-refractivity contribution in [3.05, 3.63) is 65.5 Å². The Morgan fingerprint density at radius 2 is 1.62 bits per heavy atom. The number of imidazole rings is 1. The summed E-state index contributed by atoms with van der Waals surface area (Å²) in [5.41, 5.74) is 2.78. The molecule has 0 spiro atoms. The standard InChI is InChI=1S/C22H22N4O3/c27-20(23-14-19-24-17-10-5-6-11-18(17)25-19)12-2-1-7-13-26-21(28)15-8-3-4-9-16(15)22(26)29/h3-6,8-11H,1-2,7,12-14H2,(H,23,27)(H,24,25). The number of benzene rings is 2. The lowest BCUT2D eigenvalue weighted by Crippen LogP contribution is -2.30. The Hall–Kier alpha value is -3.48. The van der Waals surface area contributed by atoms with E-state index < -0.39 is 0 Å². The summed E-state index contributed by atoms with van der Waals surface area (Å²) >= 11 is 0. The van der Waals surface area contributed by atoms with E-state index in [9.17, 15) is 14.4 Å². The highest BCUT2D eigenvalue weighted by atomic mass is 16.2. The van der Waals surface area contributed by atoms with E-state index in [2.05, 4.69) is 15.3 Å². The summed E-state index contributed by atoms with van der Waals surface area (Å²) in [6.45, 7) is 0.746. The minimum absolute atomic E-state index is 0.0359. The van der Waals surface area contributed by atoms with Gasteiger partial charge in [0.25, 0.3) is 11.8 Å². The third-order valence-electron chi connectivity index (χ3n) is 5.06. The minimum atomic E-state index is -0.228. The van der Waals surface area contributed by atoms with Crippen molar-refractivity contribution in [2.45, 2.75) is 32.2 Å². The molecule has 1 aliphatic heterocycles. The van der Waals surface area contributed by atoms with Crippen LogP contribution in [0.25, 0.3) is 11.0 Å². The molecule has 0 aliphatic carbocycles. The molecule has 29 heavy (non-hydrogen) atoms. The number of H-pyrrole nitrogens is 1. The summed E-state index contributed by atoms with van der Waals surface area (Å²) in [5.74, 6) is 0.236. The van der Waals surface area contributed by atoms with Crippen LogP contribution in [-0.4, -0.2) is 39.1 Å². The number of unbranched alkanes of at least 4 members (excludes halogenated alkanes) is 2. The molecule has 148 valence electrons. The molecule has 1 aromatic heterocycles. The number of amides is 3. The Kier molecular flexibility index (Phi) is 5.37. The fourth-order valence-corrected chi connectivity index (χ4v) is 3.53. The Morgan fingerprint density at radius 1 is 0.931 bits per heavy atom. The van der Waals surface area contributed by atoms with Gasteiger partial charge in [0.15, 0.2) is 0 Å². The zero-order valence-corrected chi connectivity index (χ0v) is 16.0. The Labute approximate surface area is 168 Å². The van der Waals surface area contributed by atoms with Gasteiger partial charge in [-0.1, -0.05) is 30.7 Å². The lowest BCUT2D eigenvalue weighted by Gasteiger charge is -2.13. The number of carbonyl (C=O) groups excluding carboxylic acids is 3. The van der Waals surface area contributed by atoms with Crippen molar-refractivity contribution in [3.8, 4) is 0 Å². The van der Waals surface area contributed by atoms with Gasteiger partial charge >= 0.3 is 0 Å². The van der Waals surface area contributed by atoms with Crippen LogP contribution in [0.15, 0.2) is 48.5 Å². The maximum atomic E-state index is 12.3. The highest BCUT2D eigenvalue weighted by Gasteiger charge is 2.34. The molecule has 3 aromatic rings. The average Bonchev–Trinajstić information content (AvgIpc) is 3.26. The molecule has 4 rings (SSSR count). The van der Waals surface area contributed by atoms with Crippen LogP contribution >= 0.6 is 0 Å². The zero-order chi connectivity index (χ0) is 20.2. The number of imide groups is 1. The van der Waals surface area contributed by atoms with Crippen LogP contribution in [-0.2, 0) is 11.3 Å². The van der Waals surface area contributed by atoms with Gasteiger partial charge in [-0.3, -0.25) is 19.3 Å².